The van der Waals surface area contributed by atoms with E-state index in [1.807, 2.05) is 48.5 Å². The van der Waals surface area contributed by atoms with Crippen LogP contribution in [-0.4, -0.2) is 24.1 Å². The highest BCUT2D eigenvalue weighted by Gasteiger charge is 2.20. The predicted molar refractivity (Wildman–Crippen MR) is 207 cm³/mol. The van der Waals surface area contributed by atoms with Gasteiger partial charge in [-0.15, -0.1) is 0 Å². The van der Waals surface area contributed by atoms with Crippen molar-refractivity contribution in [3.05, 3.63) is 163 Å². The van der Waals surface area contributed by atoms with E-state index in [9.17, 15) is 0 Å². The van der Waals surface area contributed by atoms with Gasteiger partial charge in [0.1, 0.15) is 11.2 Å². The second-order valence-electron chi connectivity index (χ2n) is 11.7. The summed E-state index contributed by atoms with van der Waals surface area (Å²) in [6.07, 6.45) is 0. The van der Waals surface area contributed by atoms with Crippen molar-refractivity contribution >= 4 is 65.6 Å². The largest absolute Gasteiger partial charge is 0.456 e. The molecule has 0 aliphatic heterocycles. The Hall–Kier alpha value is -7.05. The maximum absolute atomic E-state index is 9.15. The number of aromatic nitrogens is 5. The summed E-state index contributed by atoms with van der Waals surface area (Å²) in [6, 6.07) is 9.76. The second-order valence-corrected chi connectivity index (χ2v) is 11.7. The van der Waals surface area contributed by atoms with E-state index in [1.54, 1.807) is 18.2 Å². The Morgan fingerprint density at radius 3 is 1.49 bits per heavy atom. The van der Waals surface area contributed by atoms with Crippen LogP contribution < -0.4 is 0 Å². The molecule has 6 heteroatoms. The van der Waals surface area contributed by atoms with Gasteiger partial charge in [0.25, 0.3) is 0 Å². The molecule has 6 nitrogen and oxygen atoms in total. The highest BCUT2D eigenvalue weighted by Crippen LogP contribution is 2.36. The third-order valence-corrected chi connectivity index (χ3v) is 8.91. The molecule has 7 aromatic carbocycles. The molecule has 238 valence electrons. The molecule has 0 amide bonds. The number of hydrogen-bond donors (Lipinski definition) is 0. The summed E-state index contributed by atoms with van der Waals surface area (Å²) in [7, 11) is 0. The van der Waals surface area contributed by atoms with Gasteiger partial charge in [0.2, 0.25) is 11.9 Å². The van der Waals surface area contributed by atoms with Crippen LogP contribution >= 0.6 is 0 Å². The molecule has 0 fully saturated rings. The van der Waals surface area contributed by atoms with Crippen LogP contribution in [0, 0.1) is 0 Å². The van der Waals surface area contributed by atoms with Gasteiger partial charge in [-0.05, 0) is 59.6 Å². The molecule has 4 aromatic heterocycles. The van der Waals surface area contributed by atoms with Crippen LogP contribution in [0.25, 0.3) is 100.0 Å². The molecule has 0 saturated heterocycles. The molecule has 0 radical (unpaired) electrons. The maximum atomic E-state index is 9.15. The van der Waals surface area contributed by atoms with Crippen LogP contribution in [0.4, 0.5) is 0 Å². The minimum absolute atomic E-state index is 0.148. The summed E-state index contributed by atoms with van der Waals surface area (Å²) in [5.41, 5.74) is 1.83. The first kappa shape index (κ1) is 16.6. The molecule has 0 N–H and O–H groups in total. The van der Waals surface area contributed by atoms with Crippen molar-refractivity contribution in [3.63, 3.8) is 0 Å². The Labute approximate surface area is 314 Å². The Bertz CT molecular complexity index is 3750. The summed E-state index contributed by atoms with van der Waals surface area (Å²) in [5.74, 6) is -1.09. The summed E-state index contributed by atoms with van der Waals surface area (Å²) in [4.78, 5) is 14.4. The Morgan fingerprint density at radius 2 is 0.902 bits per heavy atom. The number of hydrogen-bond acceptors (Lipinski definition) is 4. The smallest absolute Gasteiger partial charge is 0.240 e. The highest BCUT2D eigenvalue weighted by molar-refractivity contribution is 6.10. The number of para-hydroxylation sites is 5. The first-order valence-corrected chi connectivity index (χ1v) is 15.7. The minimum Gasteiger partial charge on any atom is -0.456 e. The summed E-state index contributed by atoms with van der Waals surface area (Å²) >= 11 is 0. The van der Waals surface area contributed by atoms with Crippen LogP contribution in [0.1, 0.15) is 21.9 Å². The van der Waals surface area contributed by atoms with Gasteiger partial charge in [-0.1, -0.05) is 115 Å². The van der Waals surface area contributed by atoms with Crippen LogP contribution in [0.2, 0.25) is 0 Å². The zero-order chi connectivity index (χ0) is 47.4. The molecule has 0 saturated carbocycles. The Kier molecular flexibility index (Phi) is 3.48. The van der Waals surface area contributed by atoms with E-state index in [-0.39, 0.29) is 49.4 Å². The van der Waals surface area contributed by atoms with Gasteiger partial charge in [-0.3, -0.25) is 9.13 Å². The number of nitrogens with zero attached hydrogens (tertiary/aromatic N) is 5. The van der Waals surface area contributed by atoms with Crippen molar-refractivity contribution in [2.75, 3.05) is 0 Å². The normalized spacial score (nSPS) is 16.3. The molecule has 11 aromatic rings. The molecule has 0 unspecified atom stereocenters. The van der Waals surface area contributed by atoms with Gasteiger partial charge in [0, 0.05) is 37.9 Å². The number of furan rings is 1. The molecular formula is C45H27N5O. The molecule has 0 spiro atoms. The first-order chi connectivity index (χ1) is 31.9. The van der Waals surface area contributed by atoms with Crippen molar-refractivity contribution in [3.8, 4) is 34.4 Å². The van der Waals surface area contributed by atoms with Crippen molar-refractivity contribution < 1.29 is 26.3 Å². The quantitative estimate of drug-likeness (QED) is 0.187. The van der Waals surface area contributed by atoms with Gasteiger partial charge in [-0.2, -0.15) is 15.0 Å². The SMILES string of the molecule is [2H]c1c([2H])c([2H])c2c(c1[2H])c1c([2H])c([2H])c([2H])c([2H])c1n2-c1nc(-c2cccc(-c3ccc4oc5ccccc5c4c3)c2)nc(-n2c3c([2H])c([2H])c([2H])c([2H])c3c3c([2H])c([2H])c([2H])c([2H])c32)n1. The fourth-order valence-electron chi connectivity index (χ4n) is 6.67. The van der Waals surface area contributed by atoms with E-state index < -0.39 is 109 Å². The lowest BCUT2D eigenvalue weighted by Gasteiger charge is -2.13. The highest BCUT2D eigenvalue weighted by atomic mass is 16.3. The van der Waals surface area contributed by atoms with Gasteiger partial charge >= 0.3 is 0 Å². The minimum atomic E-state index is -0.698. The van der Waals surface area contributed by atoms with Crippen molar-refractivity contribution in [1.29, 1.82) is 0 Å². The fraction of sp³-hybridized carbons (Fsp3) is 0. The molecule has 0 atom stereocenters. The maximum Gasteiger partial charge on any atom is 0.240 e. The first-order valence-electron chi connectivity index (χ1n) is 23.7. The van der Waals surface area contributed by atoms with E-state index >= 15 is 0 Å². The van der Waals surface area contributed by atoms with E-state index in [0.29, 0.717) is 22.3 Å². The molecule has 0 aliphatic carbocycles. The molecule has 4 heterocycles. The zero-order valence-electron chi connectivity index (χ0n) is 42.0. The lowest BCUT2D eigenvalue weighted by atomic mass is 10.0. The van der Waals surface area contributed by atoms with Crippen LogP contribution in [0.5, 0.6) is 0 Å². The average Bonchev–Trinajstić information content (AvgIpc) is 4.02. The third-order valence-electron chi connectivity index (χ3n) is 8.91. The van der Waals surface area contributed by atoms with Crippen molar-refractivity contribution in [1.82, 2.24) is 24.1 Å². The Morgan fingerprint density at radius 1 is 0.412 bits per heavy atom. The van der Waals surface area contributed by atoms with Crippen LogP contribution in [0.3, 0.4) is 0 Å². The Balaban J connectivity index is 1.31. The summed E-state index contributed by atoms with van der Waals surface area (Å²) in [5, 5.41) is 0.693. The molecule has 0 bridgehead atoms. The van der Waals surface area contributed by atoms with E-state index in [2.05, 4.69) is 0 Å². The van der Waals surface area contributed by atoms with Gasteiger partial charge in [-0.25, -0.2) is 0 Å². The van der Waals surface area contributed by atoms with Crippen LogP contribution in [-0.2, 0) is 0 Å². The van der Waals surface area contributed by atoms with E-state index in [4.69, 9.17) is 41.3 Å². The standard InChI is InChI=1S/C45H27N5O/c1-6-19-37-31(14-1)32-15-2-7-20-38(32)49(37)44-46-43(47-45(48-44)50-39-21-8-3-16-33(39)34-17-4-9-22-40(34)50)30-13-11-12-28(26-30)29-24-25-42-36(27-29)35-18-5-10-23-41(35)51-42/h1-27H/i1D,2D,3D,4D,6D,7D,8D,9D,14D,15D,16D,17D,19D,20D,21D,22D. The molecule has 0 aliphatic rings. The molecule has 51 heavy (non-hydrogen) atoms. The van der Waals surface area contributed by atoms with E-state index in [1.165, 1.54) is 0 Å². The van der Waals surface area contributed by atoms with Crippen molar-refractivity contribution in [2.45, 2.75) is 0 Å². The second kappa shape index (κ2) is 10.7. The topological polar surface area (TPSA) is 61.7 Å². The number of fused-ring (bicyclic) bond motifs is 9. The number of rotatable bonds is 4. The third kappa shape index (κ3) is 4.20. The van der Waals surface area contributed by atoms with Gasteiger partial charge in [0.15, 0.2) is 5.82 Å². The van der Waals surface area contributed by atoms with Crippen LogP contribution in [0.15, 0.2) is 168 Å². The fourth-order valence-corrected chi connectivity index (χ4v) is 6.67. The zero-order valence-corrected chi connectivity index (χ0v) is 26.0. The number of benzene rings is 7. The van der Waals surface area contributed by atoms with Gasteiger partial charge in [0.05, 0.1) is 44.0 Å². The van der Waals surface area contributed by atoms with Crippen molar-refractivity contribution in [2.24, 2.45) is 0 Å². The average molecular weight is 670 g/mol. The van der Waals surface area contributed by atoms with Gasteiger partial charge < -0.3 is 4.42 Å². The van der Waals surface area contributed by atoms with E-state index in [0.717, 1.165) is 25.5 Å². The lowest BCUT2D eigenvalue weighted by molar-refractivity contribution is 0.669. The molecular weight excluding hydrogens is 627 g/mol. The predicted octanol–water partition coefficient (Wildman–Crippen LogP) is 11.3. The summed E-state index contributed by atoms with van der Waals surface area (Å²) < 4.78 is 150. The molecule has 11 rings (SSSR count). The summed E-state index contributed by atoms with van der Waals surface area (Å²) in [6.45, 7) is 0. The monoisotopic (exact) mass is 669 g/mol. The lowest BCUT2D eigenvalue weighted by Crippen LogP contribution is -2.10.